The van der Waals surface area contributed by atoms with Crippen molar-refractivity contribution in [1.82, 2.24) is 0 Å². The SMILES string of the molecule is NC(=O)C1CCN1c1ccc(C=O)o1. The number of hydrogen-bond donors (Lipinski definition) is 1. The molecule has 0 aliphatic carbocycles. The van der Waals surface area contributed by atoms with Gasteiger partial charge in [-0.25, -0.2) is 0 Å². The molecule has 1 unspecified atom stereocenters. The lowest BCUT2D eigenvalue weighted by Gasteiger charge is -2.38. The molecule has 0 bridgehead atoms. The van der Waals surface area contributed by atoms with Crippen molar-refractivity contribution >= 4 is 18.1 Å². The predicted octanol–water partition coefficient (Wildman–Crippen LogP) is 0.156. The highest BCUT2D eigenvalue weighted by Crippen LogP contribution is 2.27. The van der Waals surface area contributed by atoms with Gasteiger partial charge in [-0.1, -0.05) is 0 Å². The molecule has 0 radical (unpaired) electrons. The van der Waals surface area contributed by atoms with Crippen LogP contribution in [0.2, 0.25) is 0 Å². The molecule has 1 saturated heterocycles. The molecule has 1 aromatic heterocycles. The Bertz CT molecular complexity index is 372. The van der Waals surface area contributed by atoms with Crippen molar-refractivity contribution in [2.24, 2.45) is 5.73 Å². The molecule has 5 heteroatoms. The molecular formula is C9H10N2O3. The van der Waals surface area contributed by atoms with Crippen molar-refractivity contribution in [1.29, 1.82) is 0 Å². The Labute approximate surface area is 80.5 Å². The van der Waals surface area contributed by atoms with E-state index in [9.17, 15) is 9.59 Å². The van der Waals surface area contributed by atoms with Gasteiger partial charge >= 0.3 is 0 Å². The molecule has 1 atom stereocenters. The fourth-order valence-electron chi connectivity index (χ4n) is 1.51. The standard InChI is InChI=1S/C9H10N2O3/c10-9(13)7-3-4-11(7)8-2-1-6(5-12)14-8/h1-2,5,7H,3-4H2,(H2,10,13). The number of nitrogens with zero attached hydrogens (tertiary/aromatic N) is 1. The van der Waals surface area contributed by atoms with E-state index in [1.54, 1.807) is 17.0 Å². The molecule has 1 amide bonds. The molecule has 0 spiro atoms. The lowest BCUT2D eigenvalue weighted by molar-refractivity contribution is -0.120. The summed E-state index contributed by atoms with van der Waals surface area (Å²) in [5.74, 6) is 0.428. The molecular weight excluding hydrogens is 184 g/mol. The minimum Gasteiger partial charge on any atom is -0.438 e. The Morgan fingerprint density at radius 1 is 1.64 bits per heavy atom. The van der Waals surface area contributed by atoms with E-state index in [0.717, 1.165) is 13.0 Å². The lowest BCUT2D eigenvalue weighted by atomic mass is 10.0. The van der Waals surface area contributed by atoms with E-state index in [2.05, 4.69) is 0 Å². The third-order valence-electron chi connectivity index (χ3n) is 2.36. The van der Waals surface area contributed by atoms with Crippen LogP contribution in [-0.4, -0.2) is 24.8 Å². The van der Waals surface area contributed by atoms with Gasteiger partial charge in [0.2, 0.25) is 5.91 Å². The molecule has 0 saturated carbocycles. The molecule has 1 fully saturated rings. The van der Waals surface area contributed by atoms with Crippen molar-refractivity contribution in [3.63, 3.8) is 0 Å². The molecule has 1 aliphatic rings. The summed E-state index contributed by atoms with van der Waals surface area (Å²) >= 11 is 0. The van der Waals surface area contributed by atoms with Gasteiger partial charge in [0.1, 0.15) is 6.04 Å². The first-order valence-corrected chi connectivity index (χ1v) is 4.33. The van der Waals surface area contributed by atoms with Crippen LogP contribution in [0.5, 0.6) is 0 Å². The van der Waals surface area contributed by atoms with Gasteiger partial charge in [-0.15, -0.1) is 0 Å². The fraction of sp³-hybridized carbons (Fsp3) is 0.333. The monoisotopic (exact) mass is 194 g/mol. The number of anilines is 1. The number of carbonyl (C=O) groups is 2. The van der Waals surface area contributed by atoms with E-state index in [1.807, 2.05) is 0 Å². The van der Waals surface area contributed by atoms with Gasteiger partial charge in [0.15, 0.2) is 17.9 Å². The normalized spacial score (nSPS) is 20.3. The number of nitrogens with two attached hydrogens (primary N) is 1. The Morgan fingerprint density at radius 2 is 2.43 bits per heavy atom. The zero-order valence-corrected chi connectivity index (χ0v) is 7.47. The maximum atomic E-state index is 10.9. The van der Waals surface area contributed by atoms with E-state index >= 15 is 0 Å². The number of hydrogen-bond acceptors (Lipinski definition) is 4. The first kappa shape index (κ1) is 8.80. The van der Waals surface area contributed by atoms with Crippen LogP contribution in [0.3, 0.4) is 0 Å². The van der Waals surface area contributed by atoms with E-state index < -0.39 is 0 Å². The largest absolute Gasteiger partial charge is 0.438 e. The van der Waals surface area contributed by atoms with E-state index in [1.165, 1.54) is 0 Å². The molecule has 14 heavy (non-hydrogen) atoms. The van der Waals surface area contributed by atoms with Gasteiger partial charge in [0, 0.05) is 12.6 Å². The highest BCUT2D eigenvalue weighted by molar-refractivity contribution is 5.85. The third kappa shape index (κ3) is 1.26. The number of rotatable bonds is 3. The first-order valence-electron chi connectivity index (χ1n) is 4.33. The van der Waals surface area contributed by atoms with Gasteiger partial charge in [-0.2, -0.15) is 0 Å². The van der Waals surface area contributed by atoms with Crippen LogP contribution < -0.4 is 10.6 Å². The first-order chi connectivity index (χ1) is 6.72. The van der Waals surface area contributed by atoms with Crippen LogP contribution in [0.1, 0.15) is 17.0 Å². The zero-order valence-electron chi connectivity index (χ0n) is 7.47. The van der Waals surface area contributed by atoms with Gasteiger partial charge < -0.3 is 15.1 Å². The number of primary amides is 1. The number of aldehydes is 1. The van der Waals surface area contributed by atoms with Crippen LogP contribution >= 0.6 is 0 Å². The van der Waals surface area contributed by atoms with E-state index in [0.29, 0.717) is 12.2 Å². The maximum absolute atomic E-state index is 10.9. The highest BCUT2D eigenvalue weighted by Gasteiger charge is 2.34. The molecule has 2 rings (SSSR count). The van der Waals surface area contributed by atoms with Gasteiger partial charge in [-0.05, 0) is 12.5 Å². The quantitative estimate of drug-likeness (QED) is 0.695. The van der Waals surface area contributed by atoms with Crippen LogP contribution in [0.4, 0.5) is 5.88 Å². The van der Waals surface area contributed by atoms with Crippen LogP contribution in [0, 0.1) is 0 Å². The van der Waals surface area contributed by atoms with Gasteiger partial charge in [0.05, 0.1) is 0 Å². The van der Waals surface area contributed by atoms with Crippen molar-refractivity contribution in [2.45, 2.75) is 12.5 Å². The van der Waals surface area contributed by atoms with Crippen molar-refractivity contribution in [3.8, 4) is 0 Å². The highest BCUT2D eigenvalue weighted by atomic mass is 16.4. The minimum atomic E-state index is -0.361. The van der Waals surface area contributed by atoms with Crippen LogP contribution in [-0.2, 0) is 4.79 Å². The summed E-state index contributed by atoms with van der Waals surface area (Å²) in [6, 6.07) is 2.94. The number of furan rings is 1. The smallest absolute Gasteiger partial charge is 0.240 e. The number of amides is 1. The Balaban J connectivity index is 2.15. The minimum absolute atomic E-state index is 0.259. The van der Waals surface area contributed by atoms with Crippen molar-refractivity contribution in [2.75, 3.05) is 11.4 Å². The maximum Gasteiger partial charge on any atom is 0.240 e. The molecule has 1 aromatic rings. The van der Waals surface area contributed by atoms with Crippen LogP contribution in [0.15, 0.2) is 16.5 Å². The molecule has 5 nitrogen and oxygen atoms in total. The summed E-state index contributed by atoms with van der Waals surface area (Å²) in [7, 11) is 0. The summed E-state index contributed by atoms with van der Waals surface area (Å²) in [4.78, 5) is 23.0. The van der Waals surface area contributed by atoms with Crippen molar-refractivity contribution in [3.05, 3.63) is 17.9 Å². The van der Waals surface area contributed by atoms with Gasteiger partial charge in [-0.3, -0.25) is 9.59 Å². The number of carbonyl (C=O) groups excluding carboxylic acids is 2. The summed E-state index contributed by atoms with van der Waals surface area (Å²) in [5.41, 5.74) is 5.17. The summed E-state index contributed by atoms with van der Waals surface area (Å²) in [5, 5.41) is 0. The Morgan fingerprint density at radius 3 is 2.86 bits per heavy atom. The molecule has 2 heterocycles. The zero-order chi connectivity index (χ0) is 10.1. The molecule has 2 N–H and O–H groups in total. The van der Waals surface area contributed by atoms with Gasteiger partial charge in [0.25, 0.3) is 0 Å². The Kier molecular flexibility index (Phi) is 1.99. The third-order valence-corrected chi connectivity index (χ3v) is 2.36. The average molecular weight is 194 g/mol. The summed E-state index contributed by atoms with van der Waals surface area (Å²) in [6.07, 6.45) is 1.37. The fourth-order valence-corrected chi connectivity index (χ4v) is 1.51. The van der Waals surface area contributed by atoms with E-state index in [4.69, 9.17) is 10.2 Å². The molecule has 74 valence electrons. The molecule has 1 aliphatic heterocycles. The summed E-state index contributed by atoms with van der Waals surface area (Å²) < 4.78 is 5.17. The second kappa shape index (κ2) is 3.17. The second-order valence-electron chi connectivity index (χ2n) is 3.19. The lowest BCUT2D eigenvalue weighted by Crippen LogP contribution is -2.55. The Hall–Kier alpha value is -1.78. The topological polar surface area (TPSA) is 76.5 Å². The van der Waals surface area contributed by atoms with Crippen LogP contribution in [0.25, 0.3) is 0 Å². The van der Waals surface area contributed by atoms with Crippen molar-refractivity contribution < 1.29 is 14.0 Å². The van der Waals surface area contributed by atoms with E-state index in [-0.39, 0.29) is 17.7 Å². The molecule has 0 aromatic carbocycles. The average Bonchev–Trinajstić information content (AvgIpc) is 2.49. The predicted molar refractivity (Wildman–Crippen MR) is 49.0 cm³/mol. The summed E-state index contributed by atoms with van der Waals surface area (Å²) in [6.45, 7) is 0.736. The second-order valence-corrected chi connectivity index (χ2v) is 3.19.